The number of rotatable bonds is 3. The summed E-state index contributed by atoms with van der Waals surface area (Å²) in [6, 6.07) is 8.17. The van der Waals surface area contributed by atoms with Crippen molar-refractivity contribution in [2.24, 2.45) is 0 Å². The Balaban J connectivity index is 1.75. The molecule has 0 aliphatic carbocycles. The lowest BCUT2D eigenvalue weighted by Crippen LogP contribution is -2.44. The molecule has 0 saturated carbocycles. The van der Waals surface area contributed by atoms with Crippen LogP contribution in [0.5, 0.6) is 0 Å². The van der Waals surface area contributed by atoms with Crippen LogP contribution < -0.4 is 0 Å². The Kier molecular flexibility index (Phi) is 3.84. The van der Waals surface area contributed by atoms with Crippen LogP contribution in [0.25, 0.3) is 10.9 Å². The van der Waals surface area contributed by atoms with Gasteiger partial charge in [-0.1, -0.05) is 18.1 Å². The SMILES string of the molecule is Cc1ccc2[nH]cc(CCN3[C@H](C)CCC[C@@H]3C)c2c1. The molecule has 108 valence electrons. The molecule has 0 bridgehead atoms. The van der Waals surface area contributed by atoms with Gasteiger partial charge in [0.15, 0.2) is 0 Å². The second-order valence-corrected chi connectivity index (χ2v) is 6.48. The highest BCUT2D eigenvalue weighted by molar-refractivity contribution is 5.83. The number of piperidine rings is 1. The average Bonchev–Trinajstić information content (AvgIpc) is 2.81. The summed E-state index contributed by atoms with van der Waals surface area (Å²) < 4.78 is 0. The molecule has 1 saturated heterocycles. The van der Waals surface area contributed by atoms with E-state index < -0.39 is 0 Å². The van der Waals surface area contributed by atoms with Crippen LogP contribution in [0.2, 0.25) is 0 Å². The molecule has 1 aromatic heterocycles. The van der Waals surface area contributed by atoms with Gasteiger partial charge in [-0.15, -0.1) is 0 Å². The number of hydrogen-bond acceptors (Lipinski definition) is 1. The van der Waals surface area contributed by atoms with Crippen LogP contribution >= 0.6 is 0 Å². The second-order valence-electron chi connectivity index (χ2n) is 6.48. The van der Waals surface area contributed by atoms with Crippen LogP contribution in [0.1, 0.15) is 44.2 Å². The normalized spacial score (nSPS) is 24.4. The van der Waals surface area contributed by atoms with Gasteiger partial charge in [-0.3, -0.25) is 4.90 Å². The molecule has 1 aliphatic heterocycles. The molecule has 2 heterocycles. The summed E-state index contributed by atoms with van der Waals surface area (Å²) in [6.07, 6.45) is 7.46. The topological polar surface area (TPSA) is 19.0 Å². The van der Waals surface area contributed by atoms with E-state index >= 15 is 0 Å². The van der Waals surface area contributed by atoms with E-state index in [0.29, 0.717) is 0 Å². The van der Waals surface area contributed by atoms with Gasteiger partial charge in [-0.2, -0.15) is 0 Å². The number of aromatic nitrogens is 1. The molecule has 2 aromatic rings. The van der Waals surface area contributed by atoms with Crippen molar-refractivity contribution >= 4 is 10.9 Å². The van der Waals surface area contributed by atoms with E-state index in [4.69, 9.17) is 0 Å². The molecule has 20 heavy (non-hydrogen) atoms. The van der Waals surface area contributed by atoms with Gasteiger partial charge in [0.1, 0.15) is 0 Å². The maximum absolute atomic E-state index is 3.41. The van der Waals surface area contributed by atoms with Crippen LogP contribution in [0.15, 0.2) is 24.4 Å². The minimum absolute atomic E-state index is 0.741. The van der Waals surface area contributed by atoms with Crippen LogP contribution in [-0.4, -0.2) is 28.5 Å². The average molecular weight is 270 g/mol. The summed E-state index contributed by atoms with van der Waals surface area (Å²) in [7, 11) is 0. The van der Waals surface area contributed by atoms with Crippen molar-refractivity contribution in [3.8, 4) is 0 Å². The Hall–Kier alpha value is -1.28. The standard InChI is InChI=1S/C18H26N2/c1-13-7-8-18-17(11-13)16(12-19-18)9-10-20-14(2)5-4-6-15(20)3/h7-8,11-12,14-15,19H,4-6,9-10H2,1-3H3/t14-,15+. The molecule has 2 nitrogen and oxygen atoms in total. The lowest BCUT2D eigenvalue weighted by Gasteiger charge is -2.39. The van der Waals surface area contributed by atoms with E-state index in [9.17, 15) is 0 Å². The molecular weight excluding hydrogens is 244 g/mol. The maximum Gasteiger partial charge on any atom is 0.0456 e. The first kappa shape index (κ1) is 13.7. The molecular formula is C18H26N2. The monoisotopic (exact) mass is 270 g/mol. The van der Waals surface area contributed by atoms with Crippen LogP contribution in [-0.2, 0) is 6.42 Å². The fourth-order valence-corrected chi connectivity index (χ4v) is 3.66. The molecule has 0 unspecified atom stereocenters. The Morgan fingerprint density at radius 2 is 1.95 bits per heavy atom. The zero-order chi connectivity index (χ0) is 14.1. The number of nitrogens with one attached hydrogen (secondary N) is 1. The van der Waals surface area contributed by atoms with Gasteiger partial charge in [0.2, 0.25) is 0 Å². The van der Waals surface area contributed by atoms with Gasteiger partial charge in [0.05, 0.1) is 0 Å². The number of nitrogens with zero attached hydrogens (tertiary/aromatic N) is 1. The van der Waals surface area contributed by atoms with Crippen molar-refractivity contribution in [3.05, 3.63) is 35.5 Å². The highest BCUT2D eigenvalue weighted by Crippen LogP contribution is 2.24. The smallest absolute Gasteiger partial charge is 0.0456 e. The van der Waals surface area contributed by atoms with Gasteiger partial charge < -0.3 is 4.98 Å². The number of fused-ring (bicyclic) bond motifs is 1. The lowest BCUT2D eigenvalue weighted by atomic mass is 9.96. The van der Waals surface area contributed by atoms with Gasteiger partial charge >= 0.3 is 0 Å². The summed E-state index contributed by atoms with van der Waals surface area (Å²) in [4.78, 5) is 6.10. The second kappa shape index (κ2) is 5.61. The minimum atomic E-state index is 0.741. The first-order valence-electron chi connectivity index (χ1n) is 7.97. The lowest BCUT2D eigenvalue weighted by molar-refractivity contribution is 0.105. The largest absolute Gasteiger partial charge is 0.361 e. The first-order chi connectivity index (χ1) is 9.65. The summed E-state index contributed by atoms with van der Waals surface area (Å²) in [5.74, 6) is 0. The molecule has 1 N–H and O–H groups in total. The maximum atomic E-state index is 3.41. The molecule has 0 amide bonds. The predicted molar refractivity (Wildman–Crippen MR) is 86.2 cm³/mol. The van der Waals surface area contributed by atoms with Crippen LogP contribution in [0.4, 0.5) is 0 Å². The van der Waals surface area contributed by atoms with Crippen LogP contribution in [0, 0.1) is 6.92 Å². The number of H-pyrrole nitrogens is 1. The van der Waals surface area contributed by atoms with Crippen LogP contribution in [0.3, 0.4) is 0 Å². The molecule has 1 fully saturated rings. The van der Waals surface area contributed by atoms with Crippen molar-refractivity contribution in [1.29, 1.82) is 0 Å². The van der Waals surface area contributed by atoms with E-state index in [-0.39, 0.29) is 0 Å². The third kappa shape index (κ3) is 2.62. The van der Waals surface area contributed by atoms with E-state index in [1.54, 1.807) is 0 Å². The Bertz CT molecular complexity index is 574. The molecule has 0 spiro atoms. The Morgan fingerprint density at radius 3 is 2.70 bits per heavy atom. The first-order valence-corrected chi connectivity index (χ1v) is 7.97. The van der Waals surface area contributed by atoms with E-state index in [2.05, 4.69) is 55.1 Å². The van der Waals surface area contributed by atoms with Crippen molar-refractivity contribution in [2.75, 3.05) is 6.54 Å². The van der Waals surface area contributed by atoms with E-state index in [1.807, 2.05) is 0 Å². The zero-order valence-electron chi connectivity index (χ0n) is 12.9. The summed E-state index contributed by atoms with van der Waals surface area (Å²) in [5.41, 5.74) is 4.08. The molecule has 3 rings (SSSR count). The Morgan fingerprint density at radius 1 is 1.20 bits per heavy atom. The van der Waals surface area contributed by atoms with E-state index in [1.165, 1.54) is 47.8 Å². The summed E-state index contributed by atoms with van der Waals surface area (Å²) in [6.45, 7) is 8.12. The van der Waals surface area contributed by atoms with Gasteiger partial charge in [-0.25, -0.2) is 0 Å². The number of benzene rings is 1. The van der Waals surface area contributed by atoms with Crippen molar-refractivity contribution < 1.29 is 0 Å². The van der Waals surface area contributed by atoms with Crippen molar-refractivity contribution in [3.63, 3.8) is 0 Å². The highest BCUT2D eigenvalue weighted by Gasteiger charge is 2.24. The summed E-state index contributed by atoms with van der Waals surface area (Å²) >= 11 is 0. The summed E-state index contributed by atoms with van der Waals surface area (Å²) in [5, 5.41) is 1.40. The fraction of sp³-hybridized carbons (Fsp3) is 0.556. The number of aromatic amines is 1. The number of hydrogen-bond donors (Lipinski definition) is 1. The van der Waals surface area contributed by atoms with Gasteiger partial charge in [0, 0.05) is 35.7 Å². The zero-order valence-corrected chi connectivity index (χ0v) is 12.9. The molecule has 1 aromatic carbocycles. The molecule has 1 aliphatic rings. The van der Waals surface area contributed by atoms with Crippen molar-refractivity contribution in [2.45, 2.75) is 58.5 Å². The number of aryl methyl sites for hydroxylation is 1. The van der Waals surface area contributed by atoms with E-state index in [0.717, 1.165) is 18.5 Å². The number of likely N-dealkylation sites (tertiary alicyclic amines) is 1. The highest BCUT2D eigenvalue weighted by atomic mass is 15.2. The Labute approximate surface area is 122 Å². The third-order valence-corrected chi connectivity index (χ3v) is 4.94. The molecule has 2 atom stereocenters. The quantitative estimate of drug-likeness (QED) is 0.882. The van der Waals surface area contributed by atoms with Gasteiger partial charge in [0.25, 0.3) is 0 Å². The van der Waals surface area contributed by atoms with Gasteiger partial charge in [-0.05, 0) is 57.7 Å². The molecule has 0 radical (unpaired) electrons. The predicted octanol–water partition coefficient (Wildman–Crippen LogP) is 4.28. The third-order valence-electron chi connectivity index (χ3n) is 4.94. The van der Waals surface area contributed by atoms with Crippen molar-refractivity contribution in [1.82, 2.24) is 9.88 Å². The molecule has 2 heteroatoms. The fourth-order valence-electron chi connectivity index (χ4n) is 3.66. The minimum Gasteiger partial charge on any atom is -0.361 e.